The molecule has 2 aliphatic heterocycles. The van der Waals surface area contributed by atoms with Crippen LogP contribution in [0.1, 0.15) is 18.4 Å². The van der Waals surface area contributed by atoms with E-state index in [-0.39, 0.29) is 0 Å². The molecule has 0 unspecified atom stereocenters. The van der Waals surface area contributed by atoms with Crippen molar-refractivity contribution in [2.45, 2.75) is 19.4 Å². The molecule has 7 nitrogen and oxygen atoms in total. The summed E-state index contributed by atoms with van der Waals surface area (Å²) in [5.41, 5.74) is 1.12. The van der Waals surface area contributed by atoms with Crippen molar-refractivity contribution in [1.29, 1.82) is 0 Å². The Kier molecular flexibility index (Phi) is 5.06. The third-order valence-corrected chi connectivity index (χ3v) is 4.95. The Morgan fingerprint density at radius 2 is 2.00 bits per heavy atom. The lowest BCUT2D eigenvalue weighted by Crippen LogP contribution is -2.34. The minimum absolute atomic E-state index is 0.297. The zero-order valence-electron chi connectivity index (χ0n) is 15.1. The SMILES string of the molecule is CN(CC1CCNCC1)c1cc(NCc2ccc3c(c2)OCO3)ncn1. The van der Waals surface area contributed by atoms with Gasteiger partial charge in [-0.3, -0.25) is 0 Å². The number of aromatic nitrogens is 2. The van der Waals surface area contributed by atoms with Gasteiger partial charge in [0.1, 0.15) is 18.0 Å². The maximum Gasteiger partial charge on any atom is 0.231 e. The van der Waals surface area contributed by atoms with E-state index in [1.165, 1.54) is 12.8 Å². The highest BCUT2D eigenvalue weighted by atomic mass is 16.7. The molecule has 138 valence electrons. The number of hydrogen-bond donors (Lipinski definition) is 2. The molecule has 4 rings (SSSR count). The van der Waals surface area contributed by atoms with E-state index in [9.17, 15) is 0 Å². The Morgan fingerprint density at radius 1 is 1.15 bits per heavy atom. The van der Waals surface area contributed by atoms with Crippen LogP contribution in [0.25, 0.3) is 0 Å². The maximum absolute atomic E-state index is 5.43. The minimum atomic E-state index is 0.297. The predicted octanol–water partition coefficient (Wildman–Crippen LogP) is 2.25. The normalized spacial score (nSPS) is 16.5. The first-order valence-corrected chi connectivity index (χ1v) is 9.14. The van der Waals surface area contributed by atoms with Crippen LogP contribution in [-0.4, -0.2) is 43.4 Å². The smallest absolute Gasteiger partial charge is 0.231 e. The molecule has 2 aromatic rings. The van der Waals surface area contributed by atoms with Crippen molar-refractivity contribution in [2.24, 2.45) is 5.92 Å². The monoisotopic (exact) mass is 355 g/mol. The Bertz CT molecular complexity index is 748. The van der Waals surface area contributed by atoms with E-state index >= 15 is 0 Å². The molecule has 0 saturated carbocycles. The molecule has 1 aromatic heterocycles. The number of anilines is 2. The fourth-order valence-corrected chi connectivity index (χ4v) is 3.44. The molecular formula is C19H25N5O2. The highest BCUT2D eigenvalue weighted by Gasteiger charge is 2.16. The Morgan fingerprint density at radius 3 is 2.88 bits per heavy atom. The molecule has 2 N–H and O–H groups in total. The molecule has 7 heteroatoms. The van der Waals surface area contributed by atoms with Crippen molar-refractivity contribution in [3.8, 4) is 11.5 Å². The highest BCUT2D eigenvalue weighted by Crippen LogP contribution is 2.32. The van der Waals surface area contributed by atoms with Gasteiger partial charge >= 0.3 is 0 Å². The lowest BCUT2D eigenvalue weighted by molar-refractivity contribution is 0.174. The van der Waals surface area contributed by atoms with Gasteiger partial charge in [0, 0.05) is 26.2 Å². The molecule has 0 amide bonds. The van der Waals surface area contributed by atoms with Crippen LogP contribution in [0.2, 0.25) is 0 Å². The van der Waals surface area contributed by atoms with E-state index in [4.69, 9.17) is 9.47 Å². The standard InChI is InChI=1S/C19H25N5O2/c1-24(11-14-4-6-20-7-5-14)19-9-18(22-12-23-19)21-10-15-2-3-16-17(8-15)26-13-25-16/h2-3,8-9,12,14,20H,4-7,10-11,13H2,1H3,(H,21,22,23). The van der Waals surface area contributed by atoms with Gasteiger partial charge in [-0.2, -0.15) is 0 Å². The van der Waals surface area contributed by atoms with E-state index in [0.29, 0.717) is 13.3 Å². The summed E-state index contributed by atoms with van der Waals surface area (Å²) >= 11 is 0. The van der Waals surface area contributed by atoms with E-state index in [1.54, 1.807) is 6.33 Å². The number of piperidine rings is 1. The summed E-state index contributed by atoms with van der Waals surface area (Å²) in [6.07, 6.45) is 4.07. The first-order chi connectivity index (χ1) is 12.8. The van der Waals surface area contributed by atoms with Crippen LogP contribution >= 0.6 is 0 Å². The number of nitrogens with zero attached hydrogens (tertiary/aromatic N) is 3. The third kappa shape index (κ3) is 3.99. The average molecular weight is 355 g/mol. The molecule has 2 aliphatic rings. The Hall–Kier alpha value is -2.54. The van der Waals surface area contributed by atoms with Crippen molar-refractivity contribution < 1.29 is 9.47 Å². The second-order valence-corrected chi connectivity index (χ2v) is 6.88. The summed E-state index contributed by atoms with van der Waals surface area (Å²) in [6.45, 7) is 4.23. The van der Waals surface area contributed by atoms with Crippen LogP contribution in [0.5, 0.6) is 11.5 Å². The van der Waals surface area contributed by atoms with Crippen molar-refractivity contribution in [3.63, 3.8) is 0 Å². The zero-order chi connectivity index (χ0) is 17.8. The molecule has 0 radical (unpaired) electrons. The van der Waals surface area contributed by atoms with E-state index in [1.807, 2.05) is 24.3 Å². The molecule has 0 atom stereocenters. The summed E-state index contributed by atoms with van der Waals surface area (Å²) in [7, 11) is 2.10. The predicted molar refractivity (Wildman–Crippen MR) is 101 cm³/mol. The molecule has 1 fully saturated rings. The average Bonchev–Trinajstić information content (AvgIpc) is 3.15. The van der Waals surface area contributed by atoms with Crippen molar-refractivity contribution in [3.05, 3.63) is 36.2 Å². The largest absolute Gasteiger partial charge is 0.454 e. The first-order valence-electron chi connectivity index (χ1n) is 9.14. The molecule has 0 bridgehead atoms. The topological polar surface area (TPSA) is 71.5 Å². The lowest BCUT2D eigenvalue weighted by atomic mass is 9.98. The third-order valence-electron chi connectivity index (χ3n) is 4.95. The lowest BCUT2D eigenvalue weighted by Gasteiger charge is -2.28. The van der Waals surface area contributed by atoms with Gasteiger partial charge in [-0.05, 0) is 49.5 Å². The van der Waals surface area contributed by atoms with Crippen LogP contribution in [0.15, 0.2) is 30.6 Å². The molecular weight excluding hydrogens is 330 g/mol. The van der Waals surface area contributed by atoms with E-state index in [2.05, 4.69) is 32.5 Å². The van der Waals surface area contributed by atoms with E-state index < -0.39 is 0 Å². The number of hydrogen-bond acceptors (Lipinski definition) is 7. The molecule has 1 saturated heterocycles. The number of benzene rings is 1. The summed E-state index contributed by atoms with van der Waals surface area (Å²) in [5, 5.41) is 6.78. The number of fused-ring (bicyclic) bond motifs is 1. The molecule has 3 heterocycles. The minimum Gasteiger partial charge on any atom is -0.454 e. The van der Waals surface area contributed by atoms with Gasteiger partial charge in [-0.15, -0.1) is 0 Å². The Balaban J connectivity index is 1.36. The maximum atomic E-state index is 5.43. The van der Waals surface area contributed by atoms with Crippen LogP contribution in [0.3, 0.4) is 0 Å². The number of ether oxygens (including phenoxy) is 2. The Labute approximate surface area is 153 Å². The summed E-state index contributed by atoms with van der Waals surface area (Å²) in [4.78, 5) is 11.0. The fraction of sp³-hybridized carbons (Fsp3) is 0.474. The van der Waals surface area contributed by atoms with Crippen LogP contribution in [-0.2, 0) is 6.54 Å². The van der Waals surface area contributed by atoms with Gasteiger partial charge < -0.3 is 25.0 Å². The van der Waals surface area contributed by atoms with Gasteiger partial charge in [0.2, 0.25) is 6.79 Å². The zero-order valence-corrected chi connectivity index (χ0v) is 15.1. The number of nitrogens with one attached hydrogen (secondary N) is 2. The van der Waals surface area contributed by atoms with Gasteiger partial charge in [0.25, 0.3) is 0 Å². The summed E-state index contributed by atoms with van der Waals surface area (Å²) in [5.74, 6) is 4.10. The second kappa shape index (κ2) is 7.78. The van der Waals surface area contributed by atoms with Crippen LogP contribution < -0.4 is 25.0 Å². The molecule has 0 spiro atoms. The van der Waals surface area contributed by atoms with Crippen molar-refractivity contribution in [2.75, 3.05) is 43.7 Å². The van der Waals surface area contributed by atoms with Gasteiger partial charge in [0.15, 0.2) is 11.5 Å². The van der Waals surface area contributed by atoms with Gasteiger partial charge in [-0.1, -0.05) is 6.07 Å². The van der Waals surface area contributed by atoms with E-state index in [0.717, 1.165) is 54.3 Å². The first kappa shape index (κ1) is 16.9. The van der Waals surface area contributed by atoms with Gasteiger partial charge in [0.05, 0.1) is 0 Å². The highest BCUT2D eigenvalue weighted by molar-refractivity contribution is 5.49. The molecule has 0 aliphatic carbocycles. The van der Waals surface area contributed by atoms with Gasteiger partial charge in [-0.25, -0.2) is 9.97 Å². The summed E-state index contributed by atoms with van der Waals surface area (Å²) in [6, 6.07) is 7.98. The summed E-state index contributed by atoms with van der Waals surface area (Å²) < 4.78 is 10.8. The fourth-order valence-electron chi connectivity index (χ4n) is 3.44. The molecule has 1 aromatic carbocycles. The quantitative estimate of drug-likeness (QED) is 0.823. The van der Waals surface area contributed by atoms with Crippen LogP contribution in [0.4, 0.5) is 11.6 Å². The number of rotatable bonds is 6. The van der Waals surface area contributed by atoms with Crippen molar-refractivity contribution >= 4 is 11.6 Å². The van der Waals surface area contributed by atoms with Crippen LogP contribution in [0, 0.1) is 5.92 Å². The van der Waals surface area contributed by atoms with Crippen molar-refractivity contribution in [1.82, 2.24) is 15.3 Å². The second-order valence-electron chi connectivity index (χ2n) is 6.88. The molecule has 26 heavy (non-hydrogen) atoms.